The monoisotopic (exact) mass is 733 g/mol. The fraction of sp³-hybridized carbons (Fsp3) is 0.946. The molecule has 0 spiro atoms. The molecule has 3 saturated heterocycles. The first kappa shape index (κ1) is 44.1. The Kier molecular flexibility index (Phi) is 14.7. The molecule has 14 nitrogen and oxygen atoms in total. The first-order valence-corrected chi connectivity index (χ1v) is 18.5. The maximum absolute atomic E-state index is 14.1. The molecule has 5 N–H and O–H groups in total. The maximum atomic E-state index is 14.1. The number of Topliss-reactive ketones (excluding diaryl/α,β-unsaturated/α-hetero) is 1. The van der Waals surface area contributed by atoms with Crippen LogP contribution in [0.15, 0.2) is 0 Å². The number of hydrogen-bond acceptors (Lipinski definition) is 14. The smallest absolute Gasteiger partial charge is 0.311 e. The van der Waals surface area contributed by atoms with Gasteiger partial charge in [-0.15, -0.1) is 0 Å². The number of carbonyl (C=O) groups is 2. The van der Waals surface area contributed by atoms with E-state index in [-0.39, 0.29) is 31.4 Å². The highest BCUT2D eigenvalue weighted by molar-refractivity contribution is 5.83. The number of nitrogens with zero attached hydrogens (tertiary/aromatic N) is 1. The molecule has 0 saturated carbocycles. The Bertz CT molecular complexity index is 1170. The van der Waals surface area contributed by atoms with Crippen LogP contribution in [0, 0.1) is 23.7 Å². The summed E-state index contributed by atoms with van der Waals surface area (Å²) in [6.45, 7) is 16.3. The molecule has 298 valence electrons. The second kappa shape index (κ2) is 17.0. The number of ether oxygens (including phenoxy) is 6. The largest absolute Gasteiger partial charge is 0.459 e. The number of rotatable bonds is 7. The average Bonchev–Trinajstić information content (AvgIpc) is 3.05. The lowest BCUT2D eigenvalue weighted by molar-refractivity contribution is -0.318. The van der Waals surface area contributed by atoms with E-state index in [1.807, 2.05) is 25.9 Å². The lowest BCUT2D eigenvalue weighted by Gasteiger charge is -2.49. The number of hydrogen-bond donors (Lipinski definition) is 5. The number of carbonyl (C=O) groups excluding carboxylic acids is 2. The van der Waals surface area contributed by atoms with Crippen LogP contribution in [0.3, 0.4) is 0 Å². The molecule has 0 bridgehead atoms. The Labute approximate surface area is 304 Å². The minimum Gasteiger partial charge on any atom is -0.459 e. The molecule has 3 fully saturated rings. The van der Waals surface area contributed by atoms with Crippen molar-refractivity contribution < 1.29 is 63.5 Å². The Balaban J connectivity index is 2.18. The van der Waals surface area contributed by atoms with E-state index in [4.69, 9.17) is 28.4 Å². The highest BCUT2D eigenvalue weighted by Gasteiger charge is 2.53. The minimum atomic E-state index is -1.99. The number of methoxy groups -OCH3 is 1. The summed E-state index contributed by atoms with van der Waals surface area (Å²) in [4.78, 5) is 29.8. The lowest BCUT2D eigenvalue weighted by Crippen LogP contribution is -2.61. The Morgan fingerprint density at radius 2 is 1.49 bits per heavy atom. The molecule has 0 aromatic rings. The molecule has 3 rings (SSSR count). The van der Waals surface area contributed by atoms with Crippen molar-refractivity contribution >= 4 is 11.8 Å². The van der Waals surface area contributed by atoms with Gasteiger partial charge in [0, 0.05) is 37.3 Å². The fourth-order valence-electron chi connectivity index (χ4n) is 8.41. The van der Waals surface area contributed by atoms with Crippen LogP contribution < -0.4 is 0 Å². The van der Waals surface area contributed by atoms with E-state index in [1.54, 1.807) is 41.5 Å². The summed E-state index contributed by atoms with van der Waals surface area (Å²) in [6.07, 6.45) is -9.71. The SMILES string of the molecule is CC[C@H]1OC(=O)[C@H](C)[C@@H](OC2C[C@](C)(OC)[C@H](O)[C@@H](C)O2)C(C)[C@@H](OC2O[C@H](C)C[C@H](N(C)C)[C@H]2O)[C@](C)(O)C[C@@H](C)C(=O)[C@H](C)[C@@H](O)[C@]1(C)O. The van der Waals surface area contributed by atoms with Crippen molar-refractivity contribution in [2.45, 2.75) is 179 Å². The molecule has 0 aromatic heterocycles. The molecule has 0 radical (unpaired) electrons. The molecule has 51 heavy (non-hydrogen) atoms. The molecular formula is C37H67NO13. The van der Waals surface area contributed by atoms with Crippen molar-refractivity contribution in [2.24, 2.45) is 23.7 Å². The molecule has 0 aromatic carbocycles. The number of aliphatic hydroxyl groups excluding tert-OH is 3. The van der Waals surface area contributed by atoms with Crippen molar-refractivity contribution in [3.05, 3.63) is 0 Å². The minimum absolute atomic E-state index is 0.0936. The molecule has 3 aliphatic heterocycles. The van der Waals surface area contributed by atoms with Gasteiger partial charge in [-0.2, -0.15) is 0 Å². The fourth-order valence-corrected chi connectivity index (χ4v) is 8.41. The van der Waals surface area contributed by atoms with Crippen LogP contribution in [-0.4, -0.2) is 148 Å². The van der Waals surface area contributed by atoms with Crippen LogP contribution in [0.1, 0.15) is 94.9 Å². The third kappa shape index (κ3) is 9.51. The van der Waals surface area contributed by atoms with Gasteiger partial charge in [0.25, 0.3) is 0 Å². The first-order valence-electron chi connectivity index (χ1n) is 18.5. The predicted molar refractivity (Wildman–Crippen MR) is 186 cm³/mol. The molecule has 0 aliphatic carbocycles. The van der Waals surface area contributed by atoms with Gasteiger partial charge in [-0.25, -0.2) is 0 Å². The van der Waals surface area contributed by atoms with Gasteiger partial charge in [0.1, 0.15) is 29.7 Å². The van der Waals surface area contributed by atoms with Gasteiger partial charge in [0.2, 0.25) is 0 Å². The third-order valence-electron chi connectivity index (χ3n) is 11.8. The highest BCUT2D eigenvalue weighted by Crippen LogP contribution is 2.40. The zero-order valence-corrected chi connectivity index (χ0v) is 32.9. The molecule has 3 unspecified atom stereocenters. The number of ketones is 1. The second-order valence-electron chi connectivity index (χ2n) is 16.5. The quantitative estimate of drug-likeness (QED) is 0.238. The van der Waals surface area contributed by atoms with E-state index in [0.717, 1.165) is 0 Å². The molecular weight excluding hydrogens is 666 g/mol. The number of likely N-dealkylation sites (N-methyl/N-ethyl adjacent to an activating group) is 1. The summed E-state index contributed by atoms with van der Waals surface area (Å²) in [5.41, 5.74) is -4.84. The van der Waals surface area contributed by atoms with Crippen LogP contribution in [-0.2, 0) is 38.0 Å². The zero-order chi connectivity index (χ0) is 39.0. The Morgan fingerprint density at radius 3 is 2.04 bits per heavy atom. The summed E-state index contributed by atoms with van der Waals surface area (Å²) in [5, 5.41) is 57.6. The predicted octanol–water partition coefficient (Wildman–Crippen LogP) is 1.79. The van der Waals surface area contributed by atoms with Crippen LogP contribution >= 0.6 is 0 Å². The van der Waals surface area contributed by atoms with Crippen LogP contribution in [0.4, 0.5) is 0 Å². The van der Waals surface area contributed by atoms with E-state index >= 15 is 0 Å². The summed E-state index contributed by atoms with van der Waals surface area (Å²) >= 11 is 0. The topological polar surface area (TPSA) is 194 Å². The van der Waals surface area contributed by atoms with Gasteiger partial charge in [0.05, 0.1) is 47.6 Å². The molecule has 3 heterocycles. The van der Waals surface area contributed by atoms with Crippen molar-refractivity contribution in [1.82, 2.24) is 4.90 Å². The maximum Gasteiger partial charge on any atom is 0.311 e. The number of esters is 1. The Hall–Kier alpha value is -1.30. The summed E-state index contributed by atoms with van der Waals surface area (Å²) in [5.74, 6) is -4.98. The first-order chi connectivity index (χ1) is 23.4. The van der Waals surface area contributed by atoms with Gasteiger partial charge >= 0.3 is 5.97 Å². The van der Waals surface area contributed by atoms with E-state index in [9.17, 15) is 35.1 Å². The van der Waals surface area contributed by atoms with E-state index < -0.39 is 108 Å². The van der Waals surface area contributed by atoms with Gasteiger partial charge in [-0.3, -0.25) is 9.59 Å². The number of cyclic esters (lactones) is 1. The molecule has 14 heteroatoms. The van der Waals surface area contributed by atoms with Gasteiger partial charge < -0.3 is 58.9 Å². The van der Waals surface area contributed by atoms with Crippen LogP contribution in [0.2, 0.25) is 0 Å². The second-order valence-corrected chi connectivity index (χ2v) is 16.5. The van der Waals surface area contributed by atoms with E-state index in [0.29, 0.717) is 6.42 Å². The van der Waals surface area contributed by atoms with E-state index in [2.05, 4.69) is 0 Å². The summed E-state index contributed by atoms with van der Waals surface area (Å²) in [7, 11) is 5.18. The highest BCUT2D eigenvalue weighted by atomic mass is 16.7. The van der Waals surface area contributed by atoms with Gasteiger partial charge in [0.15, 0.2) is 12.6 Å². The van der Waals surface area contributed by atoms with Crippen molar-refractivity contribution in [3.8, 4) is 0 Å². The van der Waals surface area contributed by atoms with Gasteiger partial charge in [-0.1, -0.05) is 27.7 Å². The van der Waals surface area contributed by atoms with Crippen molar-refractivity contribution in [2.75, 3.05) is 21.2 Å². The number of aliphatic hydroxyl groups is 5. The summed E-state index contributed by atoms with van der Waals surface area (Å²) < 4.78 is 37.1. The Morgan fingerprint density at radius 1 is 0.882 bits per heavy atom. The lowest BCUT2D eigenvalue weighted by atomic mass is 9.74. The third-order valence-corrected chi connectivity index (χ3v) is 11.8. The van der Waals surface area contributed by atoms with Crippen LogP contribution in [0.25, 0.3) is 0 Å². The standard InChI is InChI=1S/C37H67NO13/c1-14-25-37(10,45)30(41)20(4)27(39)18(2)16-35(8,44)32(51-34-28(40)24(38(11)12)15-19(3)47-34)21(5)29(22(6)33(43)49-25)50-26-17-36(9,46-13)31(42)23(7)48-26/h18-26,28-32,34,40-42,44-45H,14-17H2,1-13H3/t18-,19-,20+,21?,22-,23-,24+,25-,26?,28-,29+,30-,31-,32-,34?,35-,36+,37-/m1/s1. The van der Waals surface area contributed by atoms with Crippen LogP contribution in [0.5, 0.6) is 0 Å². The van der Waals surface area contributed by atoms with Gasteiger partial charge in [-0.05, 0) is 74.9 Å². The average molecular weight is 734 g/mol. The molecule has 18 atom stereocenters. The summed E-state index contributed by atoms with van der Waals surface area (Å²) in [6, 6.07) is -0.324. The normalized spacial score (nSPS) is 49.7. The molecule has 3 aliphatic rings. The van der Waals surface area contributed by atoms with Crippen molar-refractivity contribution in [3.63, 3.8) is 0 Å². The molecule has 0 amide bonds. The van der Waals surface area contributed by atoms with Crippen molar-refractivity contribution in [1.29, 1.82) is 0 Å². The van der Waals surface area contributed by atoms with E-state index in [1.165, 1.54) is 27.9 Å². The zero-order valence-electron chi connectivity index (χ0n) is 32.9.